The van der Waals surface area contributed by atoms with Crippen LogP contribution in [0.2, 0.25) is 0 Å². The highest BCUT2D eigenvalue weighted by molar-refractivity contribution is 9.10. The van der Waals surface area contributed by atoms with E-state index in [1.165, 1.54) is 0 Å². The number of pyridine rings is 1. The second-order valence-corrected chi connectivity index (χ2v) is 5.88. The van der Waals surface area contributed by atoms with Crippen LogP contribution in [0.5, 0.6) is 5.88 Å². The van der Waals surface area contributed by atoms with Crippen LogP contribution in [0.1, 0.15) is 32.8 Å². The van der Waals surface area contributed by atoms with Gasteiger partial charge in [0.05, 0.1) is 0 Å². The molecule has 2 atom stereocenters. The molecule has 1 unspecified atom stereocenters. The third kappa shape index (κ3) is 4.64. The zero-order valence-electron chi connectivity index (χ0n) is 10.9. The van der Waals surface area contributed by atoms with E-state index in [0.717, 1.165) is 16.5 Å². The number of nitrogens with zero attached hydrogens (tertiary/aromatic N) is 1. The fourth-order valence-electron chi connectivity index (χ4n) is 1.77. The lowest BCUT2D eigenvalue weighted by Crippen LogP contribution is -2.35. The first-order valence-corrected chi connectivity index (χ1v) is 6.73. The Balaban J connectivity index is 2.64. The summed E-state index contributed by atoms with van der Waals surface area (Å²) in [5.41, 5.74) is 7.02. The van der Waals surface area contributed by atoms with Gasteiger partial charge in [-0.05, 0) is 41.3 Å². The lowest BCUT2D eigenvalue weighted by molar-refractivity contribution is 0.128. The first kappa shape index (κ1) is 14.5. The molecule has 2 N–H and O–H groups in total. The standard InChI is InChI=1S/C13H21BrN2O/c1-8(2)5-9(3)12(15)17-13-10(4)6-11(14)7-16-13/h6-9,12H,5,15H2,1-4H3/t9?,12-/m0/s1. The Labute approximate surface area is 112 Å². The van der Waals surface area contributed by atoms with Gasteiger partial charge in [0, 0.05) is 22.2 Å². The van der Waals surface area contributed by atoms with Crippen LogP contribution >= 0.6 is 15.9 Å². The van der Waals surface area contributed by atoms with Crippen molar-refractivity contribution >= 4 is 15.9 Å². The molecule has 17 heavy (non-hydrogen) atoms. The van der Waals surface area contributed by atoms with Gasteiger partial charge in [-0.3, -0.25) is 5.73 Å². The number of aryl methyl sites for hydroxylation is 1. The maximum atomic E-state index is 6.03. The zero-order chi connectivity index (χ0) is 13.0. The summed E-state index contributed by atoms with van der Waals surface area (Å²) in [4.78, 5) is 4.23. The topological polar surface area (TPSA) is 48.1 Å². The van der Waals surface area contributed by atoms with Crippen LogP contribution in [0, 0.1) is 18.8 Å². The minimum Gasteiger partial charge on any atom is -0.458 e. The fraction of sp³-hybridized carbons (Fsp3) is 0.615. The van der Waals surface area contributed by atoms with Gasteiger partial charge >= 0.3 is 0 Å². The summed E-state index contributed by atoms with van der Waals surface area (Å²) in [6.45, 7) is 8.45. The molecule has 0 saturated carbocycles. The molecule has 1 rings (SSSR count). The van der Waals surface area contributed by atoms with Crippen LogP contribution in [0.4, 0.5) is 0 Å². The molecule has 3 nitrogen and oxygen atoms in total. The van der Waals surface area contributed by atoms with Crippen LogP contribution in [-0.4, -0.2) is 11.2 Å². The molecule has 0 radical (unpaired) electrons. The first-order chi connectivity index (χ1) is 7.90. The summed E-state index contributed by atoms with van der Waals surface area (Å²) in [6, 6.07) is 1.97. The Kier molecular flexibility index (Phi) is 5.40. The van der Waals surface area contributed by atoms with Crippen LogP contribution in [0.3, 0.4) is 0 Å². The summed E-state index contributed by atoms with van der Waals surface area (Å²) in [5.74, 6) is 1.56. The van der Waals surface area contributed by atoms with Gasteiger partial charge in [-0.15, -0.1) is 0 Å². The van der Waals surface area contributed by atoms with E-state index in [0.29, 0.717) is 17.7 Å². The van der Waals surface area contributed by atoms with Crippen LogP contribution in [0.25, 0.3) is 0 Å². The second-order valence-electron chi connectivity index (χ2n) is 4.96. The number of ether oxygens (including phenoxy) is 1. The van der Waals surface area contributed by atoms with Crippen molar-refractivity contribution in [3.8, 4) is 5.88 Å². The Morgan fingerprint density at radius 3 is 2.59 bits per heavy atom. The molecule has 0 bridgehead atoms. The molecular weight excluding hydrogens is 280 g/mol. The number of rotatable bonds is 5. The summed E-state index contributed by atoms with van der Waals surface area (Å²) >= 11 is 3.37. The molecule has 96 valence electrons. The highest BCUT2D eigenvalue weighted by Gasteiger charge is 2.17. The van der Waals surface area contributed by atoms with Gasteiger partial charge in [0.25, 0.3) is 0 Å². The number of halogens is 1. The lowest BCUT2D eigenvalue weighted by atomic mass is 9.98. The largest absolute Gasteiger partial charge is 0.458 e. The molecule has 4 heteroatoms. The molecule has 0 aliphatic rings. The third-order valence-corrected chi connectivity index (χ3v) is 3.08. The van der Waals surface area contributed by atoms with Crippen molar-refractivity contribution in [1.29, 1.82) is 0 Å². The average Bonchev–Trinajstić information content (AvgIpc) is 2.21. The SMILES string of the molecule is Cc1cc(Br)cnc1O[C@H](N)C(C)CC(C)C. The Morgan fingerprint density at radius 2 is 2.06 bits per heavy atom. The predicted molar refractivity (Wildman–Crippen MR) is 73.9 cm³/mol. The van der Waals surface area contributed by atoms with Crippen molar-refractivity contribution in [2.24, 2.45) is 17.6 Å². The maximum Gasteiger partial charge on any atom is 0.217 e. The Hall–Kier alpha value is -0.610. The van der Waals surface area contributed by atoms with E-state index in [4.69, 9.17) is 10.5 Å². The van der Waals surface area contributed by atoms with Gasteiger partial charge < -0.3 is 4.74 Å². The number of nitrogens with two attached hydrogens (primary N) is 1. The van der Waals surface area contributed by atoms with Gasteiger partial charge in [-0.2, -0.15) is 0 Å². The van der Waals surface area contributed by atoms with E-state index < -0.39 is 0 Å². The lowest BCUT2D eigenvalue weighted by Gasteiger charge is -2.22. The summed E-state index contributed by atoms with van der Waals surface area (Å²) < 4.78 is 6.66. The minimum atomic E-state index is -0.301. The summed E-state index contributed by atoms with van der Waals surface area (Å²) in [7, 11) is 0. The first-order valence-electron chi connectivity index (χ1n) is 5.94. The van der Waals surface area contributed by atoms with Crippen molar-refractivity contribution in [3.05, 3.63) is 22.3 Å². The molecule has 0 fully saturated rings. The summed E-state index contributed by atoms with van der Waals surface area (Å²) in [5, 5.41) is 0. The van der Waals surface area contributed by atoms with Gasteiger partial charge in [0.15, 0.2) is 6.23 Å². The maximum absolute atomic E-state index is 6.03. The Bertz CT molecular complexity index is 368. The highest BCUT2D eigenvalue weighted by Crippen LogP contribution is 2.22. The Morgan fingerprint density at radius 1 is 1.41 bits per heavy atom. The number of hydrogen-bond donors (Lipinski definition) is 1. The van der Waals surface area contributed by atoms with E-state index in [2.05, 4.69) is 41.7 Å². The van der Waals surface area contributed by atoms with E-state index in [1.807, 2.05) is 13.0 Å². The van der Waals surface area contributed by atoms with Crippen molar-refractivity contribution in [3.63, 3.8) is 0 Å². The number of aromatic nitrogens is 1. The highest BCUT2D eigenvalue weighted by atomic mass is 79.9. The molecule has 0 aliphatic carbocycles. The average molecular weight is 301 g/mol. The van der Waals surface area contributed by atoms with Crippen LogP contribution in [0.15, 0.2) is 16.7 Å². The quantitative estimate of drug-likeness (QED) is 0.847. The molecule has 1 aromatic rings. The molecule has 0 aromatic carbocycles. The molecule has 0 aliphatic heterocycles. The van der Waals surface area contributed by atoms with Crippen molar-refractivity contribution in [2.75, 3.05) is 0 Å². The normalized spacial score (nSPS) is 14.8. The van der Waals surface area contributed by atoms with Gasteiger partial charge in [-0.1, -0.05) is 20.8 Å². The number of hydrogen-bond acceptors (Lipinski definition) is 3. The van der Waals surface area contributed by atoms with Crippen LogP contribution in [-0.2, 0) is 0 Å². The molecule has 0 spiro atoms. The van der Waals surface area contributed by atoms with Gasteiger partial charge in [-0.25, -0.2) is 4.98 Å². The smallest absolute Gasteiger partial charge is 0.217 e. The van der Waals surface area contributed by atoms with Crippen molar-refractivity contribution in [2.45, 2.75) is 40.3 Å². The van der Waals surface area contributed by atoms with Crippen molar-refractivity contribution in [1.82, 2.24) is 4.98 Å². The van der Waals surface area contributed by atoms with Gasteiger partial charge in [0.1, 0.15) is 0 Å². The van der Waals surface area contributed by atoms with Crippen LogP contribution < -0.4 is 10.5 Å². The zero-order valence-corrected chi connectivity index (χ0v) is 12.5. The predicted octanol–water partition coefficient (Wildman–Crippen LogP) is 3.50. The third-order valence-electron chi connectivity index (χ3n) is 2.65. The van der Waals surface area contributed by atoms with E-state index in [9.17, 15) is 0 Å². The molecule has 1 heterocycles. The molecule has 1 aromatic heterocycles. The van der Waals surface area contributed by atoms with E-state index >= 15 is 0 Å². The monoisotopic (exact) mass is 300 g/mol. The molecule has 0 saturated heterocycles. The fourth-order valence-corrected chi connectivity index (χ4v) is 2.22. The summed E-state index contributed by atoms with van der Waals surface area (Å²) in [6.07, 6.45) is 2.48. The second kappa shape index (κ2) is 6.36. The van der Waals surface area contributed by atoms with E-state index in [-0.39, 0.29) is 6.23 Å². The van der Waals surface area contributed by atoms with Crippen molar-refractivity contribution < 1.29 is 4.74 Å². The molecular formula is C13H21BrN2O. The minimum absolute atomic E-state index is 0.301. The van der Waals surface area contributed by atoms with E-state index in [1.54, 1.807) is 6.20 Å². The van der Waals surface area contributed by atoms with Gasteiger partial charge in [0.2, 0.25) is 5.88 Å². The molecule has 0 amide bonds.